The monoisotopic (exact) mass is 278 g/mol. The normalized spacial score (nSPS) is 22.6. The first-order valence-corrected chi connectivity index (χ1v) is 7.40. The number of hydrogen-bond acceptors (Lipinski definition) is 4. The molecule has 0 unspecified atom stereocenters. The lowest BCUT2D eigenvalue weighted by Crippen LogP contribution is -2.31. The minimum Gasteiger partial charge on any atom is -0.493 e. The summed E-state index contributed by atoms with van der Waals surface area (Å²) < 4.78 is 10.6. The van der Waals surface area contributed by atoms with Crippen LogP contribution in [0.3, 0.4) is 0 Å². The predicted octanol–water partition coefficient (Wildman–Crippen LogP) is 2.31. The smallest absolute Gasteiger partial charge is 0.161 e. The van der Waals surface area contributed by atoms with E-state index in [2.05, 4.69) is 11.4 Å². The van der Waals surface area contributed by atoms with Crippen LogP contribution in [-0.4, -0.2) is 26.8 Å². The molecule has 20 heavy (non-hydrogen) atoms. The summed E-state index contributed by atoms with van der Waals surface area (Å²) in [6.45, 7) is 1.93. The summed E-state index contributed by atoms with van der Waals surface area (Å²) in [5.74, 6) is 2.34. The fourth-order valence-electron chi connectivity index (χ4n) is 2.80. The summed E-state index contributed by atoms with van der Waals surface area (Å²) in [5.41, 5.74) is 7.15. The van der Waals surface area contributed by atoms with Crippen molar-refractivity contribution in [3.63, 3.8) is 0 Å². The van der Waals surface area contributed by atoms with Gasteiger partial charge in [-0.3, -0.25) is 0 Å². The van der Waals surface area contributed by atoms with Gasteiger partial charge in [-0.05, 0) is 55.8 Å². The highest BCUT2D eigenvalue weighted by Gasteiger charge is 2.17. The van der Waals surface area contributed by atoms with Gasteiger partial charge in [0.05, 0.1) is 14.2 Å². The molecule has 1 aromatic carbocycles. The van der Waals surface area contributed by atoms with Gasteiger partial charge in [-0.15, -0.1) is 0 Å². The van der Waals surface area contributed by atoms with Crippen molar-refractivity contribution in [2.75, 3.05) is 20.8 Å². The highest BCUT2D eigenvalue weighted by atomic mass is 16.5. The zero-order valence-corrected chi connectivity index (χ0v) is 12.5. The molecule has 0 saturated heterocycles. The van der Waals surface area contributed by atoms with Crippen LogP contribution in [0.2, 0.25) is 0 Å². The molecule has 1 aromatic rings. The van der Waals surface area contributed by atoms with Gasteiger partial charge < -0.3 is 20.5 Å². The number of nitrogens with two attached hydrogens (primary N) is 1. The first-order chi connectivity index (χ1) is 9.72. The number of ether oxygens (including phenoxy) is 2. The Balaban J connectivity index is 1.79. The number of methoxy groups -OCH3 is 2. The second-order valence-electron chi connectivity index (χ2n) is 5.60. The second kappa shape index (κ2) is 7.50. The van der Waals surface area contributed by atoms with Gasteiger partial charge in [-0.2, -0.15) is 0 Å². The molecular weight excluding hydrogens is 252 g/mol. The van der Waals surface area contributed by atoms with Crippen molar-refractivity contribution in [3.05, 3.63) is 23.8 Å². The Bertz CT molecular complexity index is 415. The SMILES string of the molecule is COc1ccc(CNCC2CCC(N)CC2)cc1OC. The summed E-state index contributed by atoms with van der Waals surface area (Å²) in [7, 11) is 3.32. The Kier molecular flexibility index (Phi) is 5.68. The molecule has 0 radical (unpaired) electrons. The van der Waals surface area contributed by atoms with Crippen LogP contribution in [0.4, 0.5) is 0 Å². The third-order valence-corrected chi connectivity index (χ3v) is 4.10. The highest BCUT2D eigenvalue weighted by Crippen LogP contribution is 2.27. The van der Waals surface area contributed by atoms with Crippen LogP contribution in [0.25, 0.3) is 0 Å². The van der Waals surface area contributed by atoms with Gasteiger partial charge in [-0.25, -0.2) is 0 Å². The van der Waals surface area contributed by atoms with Gasteiger partial charge in [0.2, 0.25) is 0 Å². The van der Waals surface area contributed by atoms with Crippen LogP contribution in [0.15, 0.2) is 18.2 Å². The highest BCUT2D eigenvalue weighted by molar-refractivity contribution is 5.42. The summed E-state index contributed by atoms with van der Waals surface area (Å²) in [4.78, 5) is 0. The van der Waals surface area contributed by atoms with Crippen LogP contribution in [-0.2, 0) is 6.54 Å². The van der Waals surface area contributed by atoms with E-state index in [4.69, 9.17) is 15.2 Å². The molecule has 0 amide bonds. The first kappa shape index (κ1) is 15.1. The van der Waals surface area contributed by atoms with E-state index in [-0.39, 0.29) is 0 Å². The van der Waals surface area contributed by atoms with Crippen molar-refractivity contribution in [2.24, 2.45) is 11.7 Å². The van der Waals surface area contributed by atoms with Gasteiger partial charge in [0.15, 0.2) is 11.5 Å². The molecule has 0 heterocycles. The Morgan fingerprint density at radius 1 is 1.10 bits per heavy atom. The standard InChI is InChI=1S/C16H26N2O2/c1-19-15-8-5-13(9-16(15)20-2)11-18-10-12-3-6-14(17)7-4-12/h5,8-9,12,14,18H,3-4,6-7,10-11,17H2,1-2H3. The van der Waals surface area contributed by atoms with Gasteiger partial charge in [-0.1, -0.05) is 6.07 Å². The van der Waals surface area contributed by atoms with Crippen LogP contribution < -0.4 is 20.5 Å². The van der Waals surface area contributed by atoms with Crippen molar-refractivity contribution in [3.8, 4) is 11.5 Å². The van der Waals surface area contributed by atoms with E-state index >= 15 is 0 Å². The van der Waals surface area contributed by atoms with Crippen LogP contribution in [0.1, 0.15) is 31.2 Å². The zero-order chi connectivity index (χ0) is 14.4. The molecule has 1 aliphatic carbocycles. The van der Waals surface area contributed by atoms with Crippen LogP contribution >= 0.6 is 0 Å². The van der Waals surface area contributed by atoms with E-state index in [9.17, 15) is 0 Å². The van der Waals surface area contributed by atoms with Crippen molar-refractivity contribution < 1.29 is 9.47 Å². The third kappa shape index (κ3) is 4.12. The number of nitrogens with one attached hydrogen (secondary N) is 1. The molecule has 1 saturated carbocycles. The molecule has 1 aliphatic rings. The number of hydrogen-bond donors (Lipinski definition) is 2. The van der Waals surface area contributed by atoms with E-state index in [0.717, 1.165) is 30.5 Å². The molecule has 0 atom stereocenters. The summed E-state index contributed by atoms with van der Waals surface area (Å²) in [6.07, 6.45) is 4.84. The quantitative estimate of drug-likeness (QED) is 0.838. The van der Waals surface area contributed by atoms with Gasteiger partial charge in [0.25, 0.3) is 0 Å². The predicted molar refractivity (Wildman–Crippen MR) is 81.2 cm³/mol. The molecule has 112 valence electrons. The molecule has 2 rings (SSSR count). The van der Waals surface area contributed by atoms with Gasteiger partial charge >= 0.3 is 0 Å². The topological polar surface area (TPSA) is 56.5 Å². The minimum atomic E-state index is 0.428. The molecule has 0 aromatic heterocycles. The number of benzene rings is 1. The van der Waals surface area contributed by atoms with Crippen LogP contribution in [0.5, 0.6) is 11.5 Å². The maximum Gasteiger partial charge on any atom is 0.161 e. The van der Waals surface area contributed by atoms with E-state index in [1.807, 2.05) is 12.1 Å². The largest absolute Gasteiger partial charge is 0.493 e. The molecule has 1 fully saturated rings. The van der Waals surface area contributed by atoms with E-state index in [1.54, 1.807) is 14.2 Å². The fourth-order valence-corrected chi connectivity index (χ4v) is 2.80. The average Bonchev–Trinajstić information content (AvgIpc) is 2.49. The Hall–Kier alpha value is -1.26. The lowest BCUT2D eigenvalue weighted by molar-refractivity contribution is 0.314. The first-order valence-electron chi connectivity index (χ1n) is 7.40. The van der Waals surface area contributed by atoms with Crippen molar-refractivity contribution in [2.45, 2.75) is 38.3 Å². The van der Waals surface area contributed by atoms with Crippen LogP contribution in [0, 0.1) is 5.92 Å². The Labute approximate surface area is 121 Å². The van der Waals surface area contributed by atoms with Gasteiger partial charge in [0, 0.05) is 12.6 Å². The Morgan fingerprint density at radius 2 is 1.80 bits per heavy atom. The maximum absolute atomic E-state index is 5.93. The van der Waals surface area contributed by atoms with Crippen molar-refractivity contribution in [1.29, 1.82) is 0 Å². The minimum absolute atomic E-state index is 0.428. The van der Waals surface area contributed by atoms with E-state index < -0.39 is 0 Å². The lowest BCUT2D eigenvalue weighted by atomic mass is 9.86. The van der Waals surface area contributed by atoms with Crippen molar-refractivity contribution in [1.82, 2.24) is 5.32 Å². The van der Waals surface area contributed by atoms with Gasteiger partial charge in [0.1, 0.15) is 0 Å². The summed E-state index contributed by atoms with van der Waals surface area (Å²) in [5, 5.41) is 3.54. The fraction of sp³-hybridized carbons (Fsp3) is 0.625. The summed E-state index contributed by atoms with van der Waals surface area (Å²) in [6, 6.07) is 6.49. The second-order valence-corrected chi connectivity index (χ2v) is 5.60. The van der Waals surface area contributed by atoms with Crippen molar-refractivity contribution >= 4 is 0 Å². The Morgan fingerprint density at radius 3 is 2.45 bits per heavy atom. The molecule has 4 heteroatoms. The third-order valence-electron chi connectivity index (χ3n) is 4.10. The molecule has 3 N–H and O–H groups in total. The average molecular weight is 278 g/mol. The molecular formula is C16H26N2O2. The number of rotatable bonds is 6. The molecule has 4 nitrogen and oxygen atoms in total. The van der Waals surface area contributed by atoms with E-state index in [1.165, 1.54) is 31.2 Å². The zero-order valence-electron chi connectivity index (χ0n) is 12.5. The maximum atomic E-state index is 5.93. The summed E-state index contributed by atoms with van der Waals surface area (Å²) >= 11 is 0. The van der Waals surface area contributed by atoms with E-state index in [0.29, 0.717) is 6.04 Å². The molecule has 0 bridgehead atoms. The molecule has 0 aliphatic heterocycles. The lowest BCUT2D eigenvalue weighted by Gasteiger charge is -2.26. The molecule has 0 spiro atoms.